The van der Waals surface area contributed by atoms with Crippen LogP contribution in [0.4, 0.5) is 11.8 Å². The third kappa shape index (κ3) is 3.31. The van der Waals surface area contributed by atoms with E-state index in [0.717, 1.165) is 5.82 Å². The maximum absolute atomic E-state index is 10.9. The van der Waals surface area contributed by atoms with Crippen LogP contribution in [0.1, 0.15) is 6.42 Å². The molecule has 19 heavy (non-hydrogen) atoms. The maximum atomic E-state index is 10.9. The van der Waals surface area contributed by atoms with E-state index in [1.165, 1.54) is 0 Å². The third-order valence-electron chi connectivity index (χ3n) is 2.96. The lowest BCUT2D eigenvalue weighted by atomic mass is 10.1. The van der Waals surface area contributed by atoms with Crippen molar-refractivity contribution in [1.82, 2.24) is 9.97 Å². The number of anilines is 2. The van der Waals surface area contributed by atoms with Crippen LogP contribution in [0.15, 0.2) is 12.3 Å². The monoisotopic (exact) mass is 266 g/mol. The van der Waals surface area contributed by atoms with Crippen molar-refractivity contribution in [3.63, 3.8) is 0 Å². The average molecular weight is 266 g/mol. The molecule has 0 bridgehead atoms. The minimum absolute atomic E-state index is 0.0430. The molecule has 0 aliphatic carbocycles. The summed E-state index contributed by atoms with van der Waals surface area (Å²) < 4.78 is 5.35. The number of carboxylic acids is 1. The Balaban J connectivity index is 2.21. The van der Waals surface area contributed by atoms with Crippen molar-refractivity contribution >= 4 is 17.7 Å². The topological polar surface area (TPSA) is 78.8 Å². The molecule has 0 spiro atoms. The van der Waals surface area contributed by atoms with Gasteiger partial charge < -0.3 is 19.6 Å². The predicted octanol–water partition coefficient (Wildman–Crippen LogP) is 0.222. The summed E-state index contributed by atoms with van der Waals surface area (Å²) in [5, 5.41) is 8.95. The van der Waals surface area contributed by atoms with Gasteiger partial charge in [-0.2, -0.15) is 4.98 Å². The first kappa shape index (κ1) is 13.5. The van der Waals surface area contributed by atoms with E-state index in [-0.39, 0.29) is 12.5 Å². The Morgan fingerprint density at radius 3 is 3.11 bits per heavy atom. The summed E-state index contributed by atoms with van der Waals surface area (Å²) in [5.74, 6) is 0.522. The lowest BCUT2D eigenvalue weighted by Crippen LogP contribution is -2.47. The fourth-order valence-corrected chi connectivity index (χ4v) is 2.04. The molecule has 1 aliphatic heterocycles. The largest absolute Gasteiger partial charge is 0.481 e. The first-order chi connectivity index (χ1) is 9.08. The minimum Gasteiger partial charge on any atom is -0.481 e. The van der Waals surface area contributed by atoms with Crippen molar-refractivity contribution in [3.05, 3.63) is 12.3 Å². The quantitative estimate of drug-likeness (QED) is 0.835. The Labute approximate surface area is 111 Å². The number of carbonyl (C=O) groups is 1. The predicted molar refractivity (Wildman–Crippen MR) is 70.6 cm³/mol. The molecule has 1 saturated heterocycles. The molecule has 104 valence electrons. The van der Waals surface area contributed by atoms with Gasteiger partial charge in [0.25, 0.3) is 0 Å². The van der Waals surface area contributed by atoms with E-state index in [4.69, 9.17) is 9.84 Å². The third-order valence-corrected chi connectivity index (χ3v) is 2.96. The van der Waals surface area contributed by atoms with Gasteiger partial charge in [0.15, 0.2) is 0 Å². The van der Waals surface area contributed by atoms with E-state index in [9.17, 15) is 4.79 Å². The van der Waals surface area contributed by atoms with Crippen molar-refractivity contribution in [2.45, 2.75) is 12.5 Å². The van der Waals surface area contributed by atoms with Gasteiger partial charge in [0.2, 0.25) is 5.95 Å². The minimum atomic E-state index is -0.831. The van der Waals surface area contributed by atoms with Crippen molar-refractivity contribution in [2.24, 2.45) is 0 Å². The number of carboxylic acid groups (broad SMARTS) is 1. The molecular formula is C12H18N4O3. The highest BCUT2D eigenvalue weighted by Crippen LogP contribution is 2.20. The van der Waals surface area contributed by atoms with Gasteiger partial charge in [-0.05, 0) is 6.07 Å². The summed E-state index contributed by atoms with van der Waals surface area (Å²) in [6.45, 7) is 1.63. The molecule has 1 aliphatic rings. The number of ether oxygens (including phenoxy) is 1. The smallest absolute Gasteiger partial charge is 0.305 e. The van der Waals surface area contributed by atoms with Gasteiger partial charge >= 0.3 is 5.97 Å². The molecule has 0 amide bonds. The van der Waals surface area contributed by atoms with Gasteiger partial charge in [0, 0.05) is 26.8 Å². The first-order valence-electron chi connectivity index (χ1n) is 6.14. The van der Waals surface area contributed by atoms with Gasteiger partial charge in [-0.3, -0.25) is 4.79 Å². The van der Waals surface area contributed by atoms with E-state index in [0.29, 0.717) is 25.7 Å². The summed E-state index contributed by atoms with van der Waals surface area (Å²) in [4.78, 5) is 23.3. The molecule has 1 atom stereocenters. The maximum Gasteiger partial charge on any atom is 0.305 e. The molecule has 2 rings (SSSR count). The molecule has 1 aromatic rings. The molecular weight excluding hydrogens is 248 g/mol. The number of morpholine rings is 1. The van der Waals surface area contributed by atoms with Crippen LogP contribution < -0.4 is 9.80 Å². The fraction of sp³-hybridized carbons (Fsp3) is 0.583. The number of hydrogen-bond donors (Lipinski definition) is 1. The van der Waals surface area contributed by atoms with E-state index < -0.39 is 5.97 Å². The van der Waals surface area contributed by atoms with Crippen LogP contribution in [0, 0.1) is 0 Å². The average Bonchev–Trinajstić information content (AvgIpc) is 2.39. The van der Waals surface area contributed by atoms with Crippen LogP contribution in [-0.4, -0.2) is 60.9 Å². The number of rotatable bonds is 4. The van der Waals surface area contributed by atoms with Gasteiger partial charge in [0.1, 0.15) is 5.82 Å². The van der Waals surface area contributed by atoms with Crippen LogP contribution >= 0.6 is 0 Å². The second-order valence-corrected chi connectivity index (χ2v) is 4.63. The highest BCUT2D eigenvalue weighted by molar-refractivity contribution is 5.68. The normalized spacial score (nSPS) is 19.3. The van der Waals surface area contributed by atoms with E-state index in [1.807, 2.05) is 23.9 Å². The molecule has 1 N–H and O–H groups in total. The van der Waals surface area contributed by atoms with Crippen LogP contribution in [0.2, 0.25) is 0 Å². The molecule has 0 aromatic carbocycles. The van der Waals surface area contributed by atoms with E-state index in [1.54, 1.807) is 12.3 Å². The molecule has 2 heterocycles. The second-order valence-electron chi connectivity index (χ2n) is 4.63. The summed E-state index contributed by atoms with van der Waals surface area (Å²) in [7, 11) is 3.74. The zero-order chi connectivity index (χ0) is 13.8. The second kappa shape index (κ2) is 5.83. The van der Waals surface area contributed by atoms with E-state index in [2.05, 4.69) is 9.97 Å². The van der Waals surface area contributed by atoms with Crippen LogP contribution in [0.25, 0.3) is 0 Å². The van der Waals surface area contributed by atoms with Crippen LogP contribution in [-0.2, 0) is 9.53 Å². The Kier molecular flexibility index (Phi) is 4.16. The van der Waals surface area contributed by atoms with Crippen LogP contribution in [0.3, 0.4) is 0 Å². The van der Waals surface area contributed by atoms with Gasteiger partial charge in [0.05, 0.1) is 25.7 Å². The summed E-state index contributed by atoms with van der Waals surface area (Å²) in [6, 6.07) is 1.61. The van der Waals surface area contributed by atoms with Crippen molar-refractivity contribution in [1.29, 1.82) is 0 Å². The molecule has 1 fully saturated rings. The summed E-state index contributed by atoms with van der Waals surface area (Å²) in [5.41, 5.74) is 0. The SMILES string of the molecule is CN(C)c1nccc(N2CCOCC2CC(=O)O)n1. The van der Waals surface area contributed by atoms with Crippen molar-refractivity contribution < 1.29 is 14.6 Å². The number of aromatic nitrogens is 2. The first-order valence-corrected chi connectivity index (χ1v) is 6.14. The lowest BCUT2D eigenvalue weighted by molar-refractivity contribution is -0.138. The number of aliphatic carboxylic acids is 1. The molecule has 1 unspecified atom stereocenters. The number of nitrogens with zero attached hydrogens (tertiary/aromatic N) is 4. The molecule has 1 aromatic heterocycles. The summed E-state index contributed by atoms with van der Waals surface area (Å²) in [6.07, 6.45) is 1.73. The van der Waals surface area contributed by atoms with Gasteiger partial charge in [-0.25, -0.2) is 4.98 Å². The highest BCUT2D eigenvalue weighted by atomic mass is 16.5. The fourth-order valence-electron chi connectivity index (χ4n) is 2.04. The number of hydrogen-bond acceptors (Lipinski definition) is 6. The zero-order valence-electron chi connectivity index (χ0n) is 11.1. The molecule has 0 saturated carbocycles. The Hall–Kier alpha value is -1.89. The molecule has 7 nitrogen and oxygen atoms in total. The van der Waals surface area contributed by atoms with Crippen molar-refractivity contribution in [3.8, 4) is 0 Å². The Bertz CT molecular complexity index is 452. The van der Waals surface area contributed by atoms with E-state index >= 15 is 0 Å². The van der Waals surface area contributed by atoms with Gasteiger partial charge in [-0.1, -0.05) is 0 Å². The van der Waals surface area contributed by atoms with Gasteiger partial charge in [-0.15, -0.1) is 0 Å². The lowest BCUT2D eigenvalue weighted by Gasteiger charge is -2.35. The molecule has 0 radical (unpaired) electrons. The highest BCUT2D eigenvalue weighted by Gasteiger charge is 2.26. The Morgan fingerprint density at radius 2 is 2.42 bits per heavy atom. The van der Waals surface area contributed by atoms with Crippen LogP contribution in [0.5, 0.6) is 0 Å². The van der Waals surface area contributed by atoms with Crippen molar-refractivity contribution in [2.75, 3.05) is 43.7 Å². The summed E-state index contributed by atoms with van der Waals surface area (Å²) >= 11 is 0. The Morgan fingerprint density at radius 1 is 1.63 bits per heavy atom. The molecule has 7 heteroatoms. The zero-order valence-corrected chi connectivity index (χ0v) is 11.1. The standard InChI is InChI=1S/C12H18N4O3/c1-15(2)12-13-4-3-10(14-12)16-5-6-19-8-9(16)7-11(17)18/h3-4,9H,5-8H2,1-2H3,(H,17,18).